The fraction of sp³-hybridized carbons (Fsp3) is 0.350. The molecule has 0 radical (unpaired) electrons. The van der Waals surface area contributed by atoms with Crippen molar-refractivity contribution in [3.8, 4) is 0 Å². The van der Waals surface area contributed by atoms with Gasteiger partial charge in [-0.1, -0.05) is 46.9 Å². The molecule has 0 aromatic heterocycles. The van der Waals surface area contributed by atoms with E-state index in [4.69, 9.17) is 34.8 Å². The van der Waals surface area contributed by atoms with Gasteiger partial charge in [0.25, 0.3) is 0 Å². The van der Waals surface area contributed by atoms with E-state index in [9.17, 15) is 13.2 Å². The molecule has 6 nitrogen and oxygen atoms in total. The summed E-state index contributed by atoms with van der Waals surface area (Å²) < 4.78 is 25.7. The zero-order valence-corrected chi connectivity index (χ0v) is 19.5. The molecule has 2 aromatic carbocycles. The second-order valence-electron chi connectivity index (χ2n) is 7.13. The van der Waals surface area contributed by atoms with Crippen molar-refractivity contribution in [1.29, 1.82) is 0 Å². The molecule has 1 aliphatic heterocycles. The van der Waals surface area contributed by atoms with E-state index >= 15 is 0 Å². The van der Waals surface area contributed by atoms with E-state index < -0.39 is 10.0 Å². The first-order chi connectivity index (χ1) is 14.1. The number of benzene rings is 2. The zero-order valence-electron chi connectivity index (χ0n) is 16.4. The smallest absolute Gasteiger partial charge is 0.238 e. The van der Waals surface area contributed by atoms with Crippen molar-refractivity contribution < 1.29 is 13.2 Å². The van der Waals surface area contributed by atoms with Gasteiger partial charge < -0.3 is 9.80 Å². The standard InChI is InChI=1S/C20H22Cl3N3O3S/c1-30(28,29)26(13-15-5-6-18(22)19(23)11-15)14-20(27)25-9-7-24(8-10-25)17-4-2-3-16(21)12-17/h2-6,11-12H,7-10,13-14H2,1H3. The summed E-state index contributed by atoms with van der Waals surface area (Å²) >= 11 is 18.0. The van der Waals surface area contributed by atoms with Crippen LogP contribution in [0.5, 0.6) is 0 Å². The molecule has 0 atom stereocenters. The minimum absolute atomic E-state index is 0.0456. The Hall–Kier alpha value is -1.51. The second-order valence-corrected chi connectivity index (χ2v) is 10.4. The molecule has 2 aromatic rings. The highest BCUT2D eigenvalue weighted by atomic mass is 35.5. The van der Waals surface area contributed by atoms with Gasteiger partial charge in [0, 0.05) is 43.4 Å². The first-order valence-electron chi connectivity index (χ1n) is 9.31. The summed E-state index contributed by atoms with van der Waals surface area (Å²) in [4.78, 5) is 16.6. The SMILES string of the molecule is CS(=O)(=O)N(CC(=O)N1CCN(c2cccc(Cl)c2)CC1)Cc1ccc(Cl)c(Cl)c1. The molecular weight excluding hydrogens is 469 g/mol. The number of carbonyl (C=O) groups excluding carboxylic acids is 1. The van der Waals surface area contributed by atoms with Crippen molar-refractivity contribution in [2.24, 2.45) is 0 Å². The highest BCUT2D eigenvalue weighted by molar-refractivity contribution is 7.88. The molecule has 10 heteroatoms. The number of nitrogens with zero attached hydrogens (tertiary/aromatic N) is 3. The highest BCUT2D eigenvalue weighted by Crippen LogP contribution is 2.24. The normalized spacial score (nSPS) is 15.0. The molecule has 162 valence electrons. The van der Waals surface area contributed by atoms with Crippen molar-refractivity contribution in [3.05, 3.63) is 63.1 Å². The number of sulfonamides is 1. The average molecular weight is 491 g/mol. The van der Waals surface area contributed by atoms with Gasteiger partial charge in [-0.2, -0.15) is 4.31 Å². The Kier molecular flexibility index (Phi) is 7.52. The third kappa shape index (κ3) is 6.02. The molecular formula is C20H22Cl3N3O3S. The minimum atomic E-state index is -3.59. The lowest BCUT2D eigenvalue weighted by Gasteiger charge is -2.37. The van der Waals surface area contributed by atoms with Crippen LogP contribution in [-0.4, -0.2) is 62.5 Å². The molecule has 0 saturated carbocycles. The molecule has 1 fully saturated rings. The van der Waals surface area contributed by atoms with Gasteiger partial charge in [0.05, 0.1) is 22.8 Å². The molecule has 0 unspecified atom stereocenters. The van der Waals surface area contributed by atoms with Crippen LogP contribution < -0.4 is 4.90 Å². The van der Waals surface area contributed by atoms with Gasteiger partial charge in [-0.05, 0) is 35.9 Å². The van der Waals surface area contributed by atoms with Crippen LogP contribution >= 0.6 is 34.8 Å². The first kappa shape index (κ1) is 23.2. The number of anilines is 1. The van der Waals surface area contributed by atoms with Crippen LogP contribution in [0.2, 0.25) is 15.1 Å². The maximum Gasteiger partial charge on any atom is 0.238 e. The van der Waals surface area contributed by atoms with Crippen LogP contribution in [0.3, 0.4) is 0 Å². The van der Waals surface area contributed by atoms with Crippen LogP contribution in [0.25, 0.3) is 0 Å². The van der Waals surface area contributed by atoms with Gasteiger partial charge in [-0.15, -0.1) is 0 Å². The fourth-order valence-corrected chi connectivity index (χ4v) is 4.50. The lowest BCUT2D eigenvalue weighted by Crippen LogP contribution is -2.51. The van der Waals surface area contributed by atoms with E-state index in [2.05, 4.69) is 4.90 Å². The van der Waals surface area contributed by atoms with Crippen LogP contribution in [-0.2, 0) is 21.4 Å². The van der Waals surface area contributed by atoms with Crippen molar-refractivity contribution in [1.82, 2.24) is 9.21 Å². The lowest BCUT2D eigenvalue weighted by molar-refractivity contribution is -0.131. The molecule has 1 saturated heterocycles. The Labute approximate surface area is 192 Å². The topological polar surface area (TPSA) is 60.9 Å². The van der Waals surface area contributed by atoms with E-state index in [1.165, 1.54) is 0 Å². The summed E-state index contributed by atoms with van der Waals surface area (Å²) in [6.07, 6.45) is 1.09. The lowest BCUT2D eigenvalue weighted by atomic mass is 10.2. The molecule has 1 amide bonds. The summed E-state index contributed by atoms with van der Waals surface area (Å²) in [7, 11) is -3.59. The predicted molar refractivity (Wildman–Crippen MR) is 122 cm³/mol. The number of piperazine rings is 1. The van der Waals surface area contributed by atoms with Crippen molar-refractivity contribution in [3.63, 3.8) is 0 Å². The third-order valence-corrected chi connectivity index (χ3v) is 7.10. The number of rotatable bonds is 6. The summed E-state index contributed by atoms with van der Waals surface area (Å²) in [5.41, 5.74) is 1.67. The van der Waals surface area contributed by atoms with E-state index in [-0.39, 0.29) is 19.0 Å². The number of amides is 1. The van der Waals surface area contributed by atoms with Gasteiger partial charge in [-0.25, -0.2) is 8.42 Å². The minimum Gasteiger partial charge on any atom is -0.368 e. The van der Waals surface area contributed by atoms with Crippen molar-refractivity contribution >= 4 is 56.4 Å². The maximum absolute atomic E-state index is 12.8. The molecule has 30 heavy (non-hydrogen) atoms. The monoisotopic (exact) mass is 489 g/mol. The molecule has 0 spiro atoms. The Morgan fingerprint density at radius 3 is 2.30 bits per heavy atom. The fourth-order valence-electron chi connectivity index (χ4n) is 3.27. The van der Waals surface area contributed by atoms with Crippen molar-refractivity contribution in [2.45, 2.75) is 6.54 Å². The molecule has 1 heterocycles. The zero-order chi connectivity index (χ0) is 21.9. The van der Waals surface area contributed by atoms with Crippen LogP contribution in [0.15, 0.2) is 42.5 Å². The number of halogens is 3. The Bertz CT molecular complexity index is 1020. The number of hydrogen-bond donors (Lipinski definition) is 0. The van der Waals surface area contributed by atoms with Crippen LogP contribution in [0.1, 0.15) is 5.56 Å². The summed E-state index contributed by atoms with van der Waals surface area (Å²) in [6, 6.07) is 12.5. The van der Waals surface area contributed by atoms with E-state index in [1.54, 1.807) is 23.1 Å². The molecule has 0 bridgehead atoms. The predicted octanol–water partition coefficient (Wildman–Crippen LogP) is 3.76. The summed E-state index contributed by atoms with van der Waals surface area (Å²) in [5.74, 6) is -0.230. The summed E-state index contributed by atoms with van der Waals surface area (Å²) in [6.45, 7) is 2.14. The van der Waals surface area contributed by atoms with Gasteiger partial charge in [0.2, 0.25) is 15.9 Å². The van der Waals surface area contributed by atoms with Crippen molar-refractivity contribution in [2.75, 3.05) is 43.9 Å². The Morgan fingerprint density at radius 1 is 1.00 bits per heavy atom. The van der Waals surface area contributed by atoms with Crippen LogP contribution in [0.4, 0.5) is 5.69 Å². The first-order valence-corrected chi connectivity index (χ1v) is 12.3. The van der Waals surface area contributed by atoms with Gasteiger partial charge in [0.1, 0.15) is 0 Å². The highest BCUT2D eigenvalue weighted by Gasteiger charge is 2.26. The Morgan fingerprint density at radius 2 is 1.70 bits per heavy atom. The molecule has 0 aliphatic carbocycles. The molecule has 1 aliphatic rings. The third-order valence-electron chi connectivity index (χ3n) is 4.93. The average Bonchev–Trinajstić information content (AvgIpc) is 2.69. The maximum atomic E-state index is 12.8. The molecule has 0 N–H and O–H groups in total. The number of hydrogen-bond acceptors (Lipinski definition) is 4. The van der Waals surface area contributed by atoms with E-state index in [0.29, 0.717) is 46.8 Å². The van der Waals surface area contributed by atoms with Gasteiger partial charge in [-0.3, -0.25) is 4.79 Å². The van der Waals surface area contributed by atoms with Crippen LogP contribution in [0, 0.1) is 0 Å². The van der Waals surface area contributed by atoms with Gasteiger partial charge in [0.15, 0.2) is 0 Å². The quantitative estimate of drug-likeness (QED) is 0.619. The van der Waals surface area contributed by atoms with Gasteiger partial charge >= 0.3 is 0 Å². The Balaban J connectivity index is 1.63. The second kappa shape index (κ2) is 9.75. The largest absolute Gasteiger partial charge is 0.368 e. The van der Waals surface area contributed by atoms with E-state index in [1.807, 2.05) is 24.3 Å². The summed E-state index contributed by atoms with van der Waals surface area (Å²) in [5, 5.41) is 1.39. The number of carbonyl (C=O) groups is 1. The molecule has 3 rings (SSSR count). The van der Waals surface area contributed by atoms with E-state index in [0.717, 1.165) is 16.2 Å².